The molecule has 0 aliphatic rings. The van der Waals surface area contributed by atoms with E-state index in [2.05, 4.69) is 19.2 Å². The van der Waals surface area contributed by atoms with E-state index in [1.165, 1.54) is 6.42 Å². The smallest absolute Gasteiger partial charge is 0.236 e. The Kier molecular flexibility index (Phi) is 23.8. The van der Waals surface area contributed by atoms with E-state index in [1.54, 1.807) is 6.92 Å². The van der Waals surface area contributed by atoms with E-state index in [9.17, 15) is 9.59 Å². The van der Waals surface area contributed by atoms with E-state index < -0.39 is 5.91 Å². The molecule has 0 bridgehead atoms. The average Bonchev–Trinajstić information content (AvgIpc) is 2.18. The quantitative estimate of drug-likeness (QED) is 0.730. The summed E-state index contributed by atoms with van der Waals surface area (Å²) >= 11 is 0. The van der Waals surface area contributed by atoms with E-state index >= 15 is 0 Å². The van der Waals surface area contributed by atoms with E-state index in [4.69, 9.17) is 5.73 Å². The Hall–Kier alpha value is -1.06. The predicted molar refractivity (Wildman–Crippen MR) is 59.8 cm³/mol. The number of carbonyl (C=O) groups is 2. The van der Waals surface area contributed by atoms with Gasteiger partial charge in [-0.25, -0.2) is 0 Å². The maximum Gasteiger partial charge on any atom is 0.236 e. The van der Waals surface area contributed by atoms with Crippen LogP contribution in [0.1, 0.15) is 47.5 Å². The molecule has 0 rings (SSSR count). The van der Waals surface area contributed by atoms with Crippen molar-refractivity contribution in [3.05, 3.63) is 0 Å². The molecule has 0 spiro atoms. The molecule has 0 fully saturated rings. The molecule has 0 radical (unpaired) electrons. The van der Waals surface area contributed by atoms with Crippen molar-refractivity contribution >= 4 is 11.8 Å². The molecule has 0 saturated carbocycles. The molecule has 3 N–H and O–H groups in total. The molecule has 0 saturated heterocycles. The molecule has 0 aromatic carbocycles. The SMILES string of the molecule is CC.CCC.CCC(=O)NCC(N)=O. The van der Waals surface area contributed by atoms with Crippen LogP contribution in [0, 0.1) is 0 Å². The summed E-state index contributed by atoms with van der Waals surface area (Å²) in [6.07, 6.45) is 1.63. The van der Waals surface area contributed by atoms with Gasteiger partial charge in [0.25, 0.3) is 0 Å². The van der Waals surface area contributed by atoms with E-state index in [1.807, 2.05) is 13.8 Å². The van der Waals surface area contributed by atoms with Crippen LogP contribution in [0.15, 0.2) is 0 Å². The van der Waals surface area contributed by atoms with E-state index in [0.29, 0.717) is 6.42 Å². The van der Waals surface area contributed by atoms with Crippen molar-refractivity contribution in [2.45, 2.75) is 47.5 Å². The molecule has 0 aromatic rings. The molecular formula is C10H24N2O2. The summed E-state index contributed by atoms with van der Waals surface area (Å²) < 4.78 is 0. The highest BCUT2D eigenvalue weighted by atomic mass is 16.2. The lowest BCUT2D eigenvalue weighted by Crippen LogP contribution is -2.32. The first kappa shape index (κ1) is 18.7. The Labute approximate surface area is 87.2 Å². The van der Waals surface area contributed by atoms with Gasteiger partial charge in [-0.3, -0.25) is 9.59 Å². The molecule has 0 unspecified atom stereocenters. The van der Waals surface area contributed by atoms with Crippen LogP contribution >= 0.6 is 0 Å². The van der Waals surface area contributed by atoms with Gasteiger partial charge in [-0.05, 0) is 0 Å². The highest BCUT2D eigenvalue weighted by molar-refractivity contribution is 5.83. The van der Waals surface area contributed by atoms with Crippen LogP contribution in [0.4, 0.5) is 0 Å². The standard InChI is InChI=1S/C5H10N2O2.C3H8.C2H6/c1-2-5(9)7-3-4(6)8;1-3-2;1-2/h2-3H2,1H3,(H2,6,8)(H,7,9);3H2,1-2H3;1-2H3. The number of primary amides is 1. The Morgan fingerprint density at radius 2 is 1.50 bits per heavy atom. The molecule has 4 nitrogen and oxygen atoms in total. The first-order valence-corrected chi connectivity index (χ1v) is 5.13. The lowest BCUT2D eigenvalue weighted by atomic mass is 10.4. The minimum Gasteiger partial charge on any atom is -0.368 e. The number of nitrogens with one attached hydrogen (secondary N) is 1. The summed E-state index contributed by atoms with van der Waals surface area (Å²) in [4.78, 5) is 20.4. The van der Waals surface area contributed by atoms with Gasteiger partial charge in [0.1, 0.15) is 0 Å². The molecule has 86 valence electrons. The zero-order chi connectivity index (χ0) is 12.0. The summed E-state index contributed by atoms with van der Waals surface area (Å²) in [5.41, 5.74) is 4.74. The largest absolute Gasteiger partial charge is 0.368 e. The second-order valence-corrected chi connectivity index (χ2v) is 2.30. The van der Waals surface area contributed by atoms with Gasteiger partial charge >= 0.3 is 0 Å². The molecule has 0 atom stereocenters. The molecule has 4 heteroatoms. The van der Waals surface area contributed by atoms with E-state index in [0.717, 1.165) is 0 Å². The minimum atomic E-state index is -0.517. The van der Waals surface area contributed by atoms with Gasteiger partial charge in [0.15, 0.2) is 0 Å². The predicted octanol–water partition coefficient (Wildman–Crippen LogP) is 1.44. The fourth-order valence-electron chi connectivity index (χ4n) is 0.311. The van der Waals surface area contributed by atoms with Crippen molar-refractivity contribution in [3.63, 3.8) is 0 Å². The monoisotopic (exact) mass is 204 g/mol. The van der Waals surface area contributed by atoms with Crippen LogP contribution in [-0.2, 0) is 9.59 Å². The number of rotatable bonds is 3. The Bertz CT molecular complexity index is 136. The summed E-state index contributed by atoms with van der Waals surface area (Å²) in [5, 5.41) is 2.32. The average molecular weight is 204 g/mol. The fraction of sp³-hybridized carbons (Fsp3) is 0.800. The zero-order valence-electron chi connectivity index (χ0n) is 10.0. The van der Waals surface area contributed by atoms with Crippen LogP contribution < -0.4 is 11.1 Å². The fourth-order valence-corrected chi connectivity index (χ4v) is 0.311. The van der Waals surface area contributed by atoms with E-state index in [-0.39, 0.29) is 12.5 Å². The van der Waals surface area contributed by atoms with Gasteiger partial charge in [-0.1, -0.05) is 41.0 Å². The van der Waals surface area contributed by atoms with Gasteiger partial charge in [-0.15, -0.1) is 0 Å². The van der Waals surface area contributed by atoms with Crippen molar-refractivity contribution in [2.75, 3.05) is 6.54 Å². The third-order valence-electron chi connectivity index (χ3n) is 0.781. The van der Waals surface area contributed by atoms with Crippen molar-refractivity contribution in [1.82, 2.24) is 5.32 Å². The first-order chi connectivity index (χ1) is 6.58. The van der Waals surface area contributed by atoms with Crippen molar-refractivity contribution in [3.8, 4) is 0 Å². The molecule has 14 heavy (non-hydrogen) atoms. The minimum absolute atomic E-state index is 0.0628. The molecule has 0 aliphatic heterocycles. The van der Waals surface area contributed by atoms with Crippen molar-refractivity contribution in [1.29, 1.82) is 0 Å². The van der Waals surface area contributed by atoms with Gasteiger partial charge in [-0.2, -0.15) is 0 Å². The maximum absolute atomic E-state index is 10.4. The second-order valence-electron chi connectivity index (χ2n) is 2.30. The Morgan fingerprint density at radius 3 is 1.71 bits per heavy atom. The number of hydrogen-bond donors (Lipinski definition) is 2. The highest BCUT2D eigenvalue weighted by Gasteiger charge is 1.96. The zero-order valence-corrected chi connectivity index (χ0v) is 10.0. The van der Waals surface area contributed by atoms with Gasteiger partial charge in [0.05, 0.1) is 6.54 Å². The number of hydrogen-bond acceptors (Lipinski definition) is 2. The summed E-state index contributed by atoms with van der Waals surface area (Å²) in [6.45, 7) is 9.89. The van der Waals surface area contributed by atoms with Crippen LogP contribution in [-0.4, -0.2) is 18.4 Å². The van der Waals surface area contributed by atoms with Crippen molar-refractivity contribution < 1.29 is 9.59 Å². The molecule has 0 heterocycles. The van der Waals surface area contributed by atoms with Gasteiger partial charge < -0.3 is 11.1 Å². The number of amides is 2. The van der Waals surface area contributed by atoms with Crippen molar-refractivity contribution in [2.24, 2.45) is 5.73 Å². The third kappa shape index (κ3) is 30.6. The van der Waals surface area contributed by atoms with Crippen LogP contribution in [0.3, 0.4) is 0 Å². The Morgan fingerprint density at radius 1 is 1.14 bits per heavy atom. The molecular weight excluding hydrogens is 180 g/mol. The molecule has 2 amide bonds. The number of carbonyl (C=O) groups excluding carboxylic acids is 2. The van der Waals surface area contributed by atoms with Crippen LogP contribution in [0.2, 0.25) is 0 Å². The second kappa shape index (κ2) is 17.9. The lowest BCUT2D eigenvalue weighted by Gasteiger charge is -1.96. The van der Waals surface area contributed by atoms with Gasteiger partial charge in [0.2, 0.25) is 11.8 Å². The highest BCUT2D eigenvalue weighted by Crippen LogP contribution is 1.71. The Balaban J connectivity index is -0.000000205. The summed E-state index contributed by atoms with van der Waals surface area (Å²) in [5.74, 6) is -0.675. The normalized spacial score (nSPS) is 7.21. The summed E-state index contributed by atoms with van der Waals surface area (Å²) in [6, 6.07) is 0. The molecule has 0 aromatic heterocycles. The molecule has 0 aliphatic carbocycles. The van der Waals surface area contributed by atoms with Crippen LogP contribution in [0.25, 0.3) is 0 Å². The number of nitrogens with two attached hydrogens (primary N) is 1. The first-order valence-electron chi connectivity index (χ1n) is 5.13. The van der Waals surface area contributed by atoms with Gasteiger partial charge in [0, 0.05) is 6.42 Å². The summed E-state index contributed by atoms with van der Waals surface area (Å²) in [7, 11) is 0. The maximum atomic E-state index is 10.4. The topological polar surface area (TPSA) is 72.2 Å². The third-order valence-corrected chi connectivity index (χ3v) is 0.781. The van der Waals surface area contributed by atoms with Crippen LogP contribution in [0.5, 0.6) is 0 Å². The lowest BCUT2D eigenvalue weighted by molar-refractivity contribution is -0.124.